The number of thiol groups is 2. The zero-order valence-corrected chi connectivity index (χ0v) is 43.8. The quantitative estimate of drug-likeness (QED) is 0.137. The van der Waals surface area contributed by atoms with E-state index in [9.17, 15) is 19.8 Å². The molecule has 0 bridgehead atoms. The van der Waals surface area contributed by atoms with Gasteiger partial charge in [-0.15, -0.1) is 0 Å². The van der Waals surface area contributed by atoms with Gasteiger partial charge in [0.2, 0.25) is 0 Å². The van der Waals surface area contributed by atoms with Crippen LogP contribution in [0.5, 0.6) is 0 Å². The van der Waals surface area contributed by atoms with E-state index in [4.69, 9.17) is 9.47 Å². The molecular formula is C52H91BrN2O6S2. The predicted molar refractivity (Wildman–Crippen MR) is 267 cm³/mol. The highest BCUT2D eigenvalue weighted by Gasteiger charge is 2.60. The molecule has 10 rings (SSSR count). The summed E-state index contributed by atoms with van der Waals surface area (Å²) in [5, 5.41) is 24.8. The van der Waals surface area contributed by atoms with E-state index >= 15 is 0 Å². The van der Waals surface area contributed by atoms with E-state index in [0.29, 0.717) is 29.4 Å². The molecule has 8 nitrogen and oxygen atoms in total. The summed E-state index contributed by atoms with van der Waals surface area (Å²) >= 11 is 10.5. The second-order valence-electron chi connectivity index (χ2n) is 23.0. The van der Waals surface area contributed by atoms with Crippen molar-refractivity contribution in [2.75, 3.05) is 77.0 Å². The highest BCUT2D eigenvalue weighted by Crippen LogP contribution is 2.66. The number of aliphatic hydroxyl groups is 2. The summed E-state index contributed by atoms with van der Waals surface area (Å²) in [6.07, 6.45) is 25.1. The van der Waals surface area contributed by atoms with E-state index in [1.54, 1.807) is 12.5 Å². The molecule has 2 saturated heterocycles. The van der Waals surface area contributed by atoms with Gasteiger partial charge in [-0.25, -0.2) is 0 Å². The van der Waals surface area contributed by atoms with Crippen LogP contribution in [0.15, 0.2) is 0 Å². The first-order chi connectivity index (χ1) is 30.2. The number of alkyl halides is 1. The molecule has 0 radical (unpaired) electrons. The van der Waals surface area contributed by atoms with Gasteiger partial charge in [0.1, 0.15) is 11.6 Å². The largest absolute Gasteiger partial charge is 0.390 e. The van der Waals surface area contributed by atoms with Crippen LogP contribution in [0.1, 0.15) is 143 Å². The van der Waals surface area contributed by atoms with Crippen LogP contribution in [-0.4, -0.2) is 115 Å². The average Bonchev–Trinajstić information content (AvgIpc) is 3.85. The van der Waals surface area contributed by atoms with E-state index in [1.165, 1.54) is 77.0 Å². The minimum atomic E-state index is -0.429. The van der Waals surface area contributed by atoms with Gasteiger partial charge in [-0.3, -0.25) is 14.5 Å². The van der Waals surface area contributed by atoms with Crippen LogP contribution in [0.4, 0.5) is 0 Å². The normalized spacial score (nSPS) is 46.2. The lowest BCUT2D eigenvalue weighted by atomic mass is 9.49. The van der Waals surface area contributed by atoms with Crippen molar-refractivity contribution >= 4 is 52.8 Å². The van der Waals surface area contributed by atoms with Crippen molar-refractivity contribution in [3.8, 4) is 0 Å². The van der Waals surface area contributed by atoms with E-state index in [2.05, 4.69) is 72.2 Å². The Morgan fingerprint density at radius 1 is 0.571 bits per heavy atom. The number of Topliss-reactive ketones (excluding diaryl/α,β-unsaturated/α-hetero) is 2. The molecule has 8 saturated carbocycles. The summed E-state index contributed by atoms with van der Waals surface area (Å²) in [4.78, 5) is 28.1. The van der Waals surface area contributed by atoms with Crippen molar-refractivity contribution in [2.45, 2.75) is 154 Å². The number of nitrogens with one attached hydrogen (secondary N) is 1. The van der Waals surface area contributed by atoms with Crippen LogP contribution in [-0.2, 0) is 19.1 Å². The number of hydrogen-bond acceptors (Lipinski definition) is 10. The zero-order valence-electron chi connectivity index (χ0n) is 40.5. The van der Waals surface area contributed by atoms with Gasteiger partial charge in [0.15, 0.2) is 0 Å². The van der Waals surface area contributed by atoms with Gasteiger partial charge in [0.25, 0.3) is 0 Å². The molecule has 364 valence electrons. The molecule has 0 aromatic rings. The molecule has 10 fully saturated rings. The van der Waals surface area contributed by atoms with Gasteiger partial charge < -0.3 is 25.0 Å². The summed E-state index contributed by atoms with van der Waals surface area (Å²) in [6.45, 7) is 16.9. The zero-order chi connectivity index (χ0) is 45.6. The van der Waals surface area contributed by atoms with Crippen LogP contribution in [0.3, 0.4) is 0 Å². The number of carbonyl (C=O) groups is 2. The third-order valence-electron chi connectivity index (χ3n) is 19.7. The second-order valence-corrected chi connectivity index (χ2v) is 23.6. The Balaban J connectivity index is 0.000000175. The summed E-state index contributed by atoms with van der Waals surface area (Å²) in [5.41, 5.74) is -0.351. The van der Waals surface area contributed by atoms with E-state index in [0.717, 1.165) is 150 Å². The highest BCUT2D eigenvalue weighted by atomic mass is 79.9. The number of rotatable bonds is 5. The maximum atomic E-state index is 13.3. The molecule has 3 N–H and O–H groups in total. The third kappa shape index (κ3) is 11.8. The van der Waals surface area contributed by atoms with Gasteiger partial charge in [0.05, 0.1) is 49.5 Å². The summed E-state index contributed by atoms with van der Waals surface area (Å²) in [7, 11) is 0. The lowest BCUT2D eigenvalue weighted by Gasteiger charge is -2.57. The van der Waals surface area contributed by atoms with Crippen molar-refractivity contribution in [3.63, 3.8) is 0 Å². The Bertz CT molecular complexity index is 1450. The Morgan fingerprint density at radius 2 is 1.00 bits per heavy atom. The van der Waals surface area contributed by atoms with Gasteiger partial charge in [0, 0.05) is 38.0 Å². The maximum Gasteiger partial charge on any atom is 0.150 e. The van der Waals surface area contributed by atoms with Gasteiger partial charge in [-0.1, -0.05) is 29.8 Å². The first kappa shape index (κ1) is 52.6. The van der Waals surface area contributed by atoms with Gasteiger partial charge in [-0.2, -0.15) is 25.3 Å². The topological polar surface area (TPSA) is 108 Å². The molecule has 16 atom stereocenters. The third-order valence-corrected chi connectivity index (χ3v) is 20.3. The molecule has 11 heteroatoms. The predicted octanol–water partition coefficient (Wildman–Crippen LogP) is 9.58. The fourth-order valence-corrected chi connectivity index (χ4v) is 17.3. The van der Waals surface area contributed by atoms with Crippen molar-refractivity contribution in [3.05, 3.63) is 0 Å². The minimum Gasteiger partial charge on any atom is -0.390 e. The molecular weight excluding hydrogens is 893 g/mol. The first-order valence-electron chi connectivity index (χ1n) is 25.8. The number of nitrogens with zero attached hydrogens (tertiary/aromatic N) is 1. The molecule has 8 aliphatic carbocycles. The SMILES string of the molecule is C1COCCN1.CS.CS.C[C@@]1(O)CC[C@H]2[C@H](CC[C@@H]3[C@@H]2CC[C@]2(C)[C@@H](C(=O)CBr)CC[C@@H]32)C1.C[C@@]1(O)CC[C@H]2[C@H](CC[C@@H]3[C@@H]2CC[C@]2(C)[C@@H](C(=O)CN4CCOCC4)CC[C@@H]32)C1. The lowest BCUT2D eigenvalue weighted by Crippen LogP contribution is -2.51. The fourth-order valence-electron chi connectivity index (χ4n) is 16.9. The number of ether oxygens (including phenoxy) is 2. The fraction of sp³-hybridized carbons (Fsp3) is 0.962. The van der Waals surface area contributed by atoms with Gasteiger partial charge in [-0.05, 0) is 212 Å². The number of morpholine rings is 2. The van der Waals surface area contributed by atoms with E-state index in [-0.39, 0.29) is 16.7 Å². The van der Waals surface area contributed by atoms with Crippen LogP contribution in [0, 0.1) is 81.8 Å². The summed E-state index contributed by atoms with van der Waals surface area (Å²) in [5.74, 6) is 9.64. The number of fused-ring (bicyclic) bond motifs is 10. The number of carbonyl (C=O) groups excluding carboxylic acids is 2. The standard InChI is InChI=1S/C25H41NO3.C21H33BrO2.C4H9NO.2CH4S/c1-24(28)9-7-18-17(15-24)3-4-20-19(18)8-10-25(2)21(20)5-6-22(25)23(27)16-26-11-13-29-14-12-26;1-20(24)9-7-14-13(11-20)3-4-16-15(14)8-10-21(2)17(16)5-6-18(21)19(23)12-22;1-3-6-4-2-5-1;2*1-2/h17-22,28H,3-16H2,1-2H3;13-18,24H,3-12H2,1-2H3;5H,1-4H2;2*2H,1H3/t17-,18+,19-,20-,21+,22-,24-,25+;13-,14+,15-,16-,17+,18-,20-,21+;;;/m11.../s1. The molecule has 0 spiro atoms. The molecule has 0 unspecified atom stereocenters. The van der Waals surface area contributed by atoms with Crippen LogP contribution < -0.4 is 5.32 Å². The van der Waals surface area contributed by atoms with Gasteiger partial charge >= 0.3 is 0 Å². The number of hydrogen-bond donors (Lipinski definition) is 5. The van der Waals surface area contributed by atoms with Crippen LogP contribution in [0.2, 0.25) is 0 Å². The number of ketones is 2. The van der Waals surface area contributed by atoms with E-state index in [1.807, 2.05) is 6.92 Å². The molecule has 63 heavy (non-hydrogen) atoms. The smallest absolute Gasteiger partial charge is 0.150 e. The maximum absolute atomic E-state index is 13.3. The lowest BCUT2D eigenvalue weighted by molar-refractivity contribution is -0.134. The van der Waals surface area contributed by atoms with Crippen molar-refractivity contribution in [2.24, 2.45) is 81.8 Å². The first-order valence-corrected chi connectivity index (χ1v) is 28.7. The molecule has 2 aliphatic heterocycles. The van der Waals surface area contributed by atoms with Crippen molar-refractivity contribution in [1.82, 2.24) is 10.2 Å². The van der Waals surface area contributed by atoms with Crippen LogP contribution >= 0.6 is 41.2 Å². The summed E-state index contributed by atoms with van der Waals surface area (Å²) in [6, 6.07) is 0. The Morgan fingerprint density at radius 3 is 1.41 bits per heavy atom. The van der Waals surface area contributed by atoms with E-state index < -0.39 is 11.2 Å². The molecule has 2 heterocycles. The van der Waals surface area contributed by atoms with Crippen molar-refractivity contribution in [1.29, 1.82) is 0 Å². The molecule has 0 aromatic heterocycles. The summed E-state index contributed by atoms with van der Waals surface area (Å²) < 4.78 is 10.5. The van der Waals surface area contributed by atoms with Crippen LogP contribution in [0.25, 0.3) is 0 Å². The molecule has 10 aliphatic rings. The Labute approximate surface area is 403 Å². The average molecular weight is 984 g/mol. The van der Waals surface area contributed by atoms with Crippen molar-refractivity contribution < 1.29 is 29.3 Å². The Kier molecular flexibility index (Phi) is 19.4. The number of halogens is 1. The molecule has 0 aromatic carbocycles. The second kappa shape index (κ2) is 23.3. The monoisotopic (exact) mass is 983 g/mol. The molecule has 0 amide bonds. The Hall–Kier alpha value is 0.280. The minimum absolute atomic E-state index is 0.234. The highest BCUT2D eigenvalue weighted by molar-refractivity contribution is 9.09.